The zero-order valence-corrected chi connectivity index (χ0v) is 50.1. The molecule has 0 radical (unpaired) electrons. The van der Waals surface area contributed by atoms with Gasteiger partial charge in [-0.15, -0.1) is 0 Å². The first-order valence-corrected chi connectivity index (χ1v) is 33.5. The molecule has 0 heterocycles. The molecule has 3 unspecified atom stereocenters. The highest BCUT2D eigenvalue weighted by Crippen LogP contribution is 2.43. The largest absolute Gasteiger partial charge is 0.472 e. The molecule has 0 aromatic heterocycles. The second-order valence-corrected chi connectivity index (χ2v) is 25.0. The van der Waals surface area contributed by atoms with Crippen LogP contribution in [0.1, 0.15) is 335 Å². The number of aliphatic hydroxyl groups is 1. The van der Waals surface area contributed by atoms with Gasteiger partial charge in [-0.1, -0.05) is 302 Å². The average molecular weight is 1040 g/mol. The number of nitrogens with one attached hydrogen (secondary N) is 1. The van der Waals surface area contributed by atoms with E-state index < -0.39 is 20.0 Å². The van der Waals surface area contributed by atoms with Crippen molar-refractivity contribution in [3.8, 4) is 0 Å². The number of hydrogen-bond donors (Lipinski definition) is 3. The number of nitrogens with zero attached hydrogens (tertiary/aromatic N) is 1. The number of rotatable bonds is 60. The lowest BCUT2D eigenvalue weighted by atomic mass is 10.0. The van der Waals surface area contributed by atoms with Crippen LogP contribution >= 0.6 is 7.82 Å². The first-order chi connectivity index (χ1) is 35.0. The lowest BCUT2D eigenvalue weighted by Crippen LogP contribution is -2.46. The smallest absolute Gasteiger partial charge is 0.391 e. The summed E-state index contributed by atoms with van der Waals surface area (Å²) in [5.74, 6) is -0.137. The number of aliphatic hydroxyl groups excluding tert-OH is 1. The van der Waals surface area contributed by atoms with E-state index in [1.165, 1.54) is 270 Å². The lowest BCUT2D eigenvalue weighted by Gasteiger charge is -2.26. The summed E-state index contributed by atoms with van der Waals surface area (Å²) in [6, 6.07) is -0.757. The van der Waals surface area contributed by atoms with Gasteiger partial charge in [0, 0.05) is 6.42 Å². The molecule has 0 aliphatic heterocycles. The fraction of sp³-hybridized carbons (Fsp3) is 0.952. The van der Waals surface area contributed by atoms with E-state index in [4.69, 9.17) is 9.05 Å². The molecule has 72 heavy (non-hydrogen) atoms. The van der Waals surface area contributed by atoms with Crippen LogP contribution < -0.4 is 5.32 Å². The van der Waals surface area contributed by atoms with Crippen molar-refractivity contribution in [1.82, 2.24) is 5.32 Å². The Balaban J connectivity index is 3.92. The maximum atomic E-state index is 13.0. The van der Waals surface area contributed by atoms with E-state index >= 15 is 0 Å². The van der Waals surface area contributed by atoms with Crippen molar-refractivity contribution >= 4 is 13.7 Å². The van der Waals surface area contributed by atoms with Crippen LogP contribution in [0.5, 0.6) is 0 Å². The summed E-state index contributed by atoms with van der Waals surface area (Å²) in [6.07, 6.45) is 68.7. The first kappa shape index (κ1) is 71.2. The van der Waals surface area contributed by atoms with E-state index in [2.05, 4.69) is 31.3 Å². The summed E-state index contributed by atoms with van der Waals surface area (Å²) in [7, 11) is 1.63. The van der Waals surface area contributed by atoms with Crippen molar-refractivity contribution in [3.05, 3.63) is 12.2 Å². The molecule has 0 saturated carbocycles. The van der Waals surface area contributed by atoms with E-state index in [0.29, 0.717) is 23.9 Å². The zero-order valence-electron chi connectivity index (χ0n) is 49.2. The summed E-state index contributed by atoms with van der Waals surface area (Å²) < 4.78 is 23.8. The standard InChI is InChI=1S/C63H127N2O6P/c1-6-8-10-12-14-16-18-20-22-23-24-25-26-27-28-29-30-31-32-33-34-35-36-37-38-39-40-41-43-45-47-49-51-53-55-57-63(67)64-61(60-71-72(68,69)70-59-58-65(3,4)5)62(66)56-54-52-50-48-46-44-42-21-19-17-15-13-11-9-7-2/h29-30,61-62,66H,6-28,31-60H2,1-5H3,(H-,64,67,68,69)/p+1/b30-29-. The van der Waals surface area contributed by atoms with Gasteiger partial charge in [-0.25, -0.2) is 4.57 Å². The SMILES string of the molecule is CCCCCCCCCCCCCCCC/C=C\CCCCCCCCCCCCCCCCCCCC(=O)NC(COP(=O)(O)OCC[N+](C)(C)C)C(O)CCCCCCCCCCCCCCCCC. The number of allylic oxidation sites excluding steroid dienone is 2. The molecule has 8 nitrogen and oxygen atoms in total. The van der Waals surface area contributed by atoms with Crippen molar-refractivity contribution in [3.63, 3.8) is 0 Å². The molecule has 0 aromatic rings. The van der Waals surface area contributed by atoms with Gasteiger partial charge < -0.3 is 19.8 Å². The minimum atomic E-state index is -4.32. The van der Waals surface area contributed by atoms with E-state index in [0.717, 1.165) is 38.5 Å². The topological polar surface area (TPSA) is 105 Å². The van der Waals surface area contributed by atoms with E-state index in [1.807, 2.05) is 21.1 Å². The van der Waals surface area contributed by atoms with Crippen molar-refractivity contribution in [1.29, 1.82) is 0 Å². The summed E-state index contributed by atoms with van der Waals surface area (Å²) in [4.78, 5) is 23.3. The lowest BCUT2D eigenvalue weighted by molar-refractivity contribution is -0.870. The number of hydrogen-bond acceptors (Lipinski definition) is 5. The Morgan fingerprint density at radius 1 is 0.458 bits per heavy atom. The molecule has 0 fully saturated rings. The first-order valence-electron chi connectivity index (χ1n) is 32.1. The molecule has 0 rings (SSSR count). The van der Waals surface area contributed by atoms with Crippen LogP contribution in [0.4, 0.5) is 0 Å². The fourth-order valence-electron chi connectivity index (χ4n) is 9.99. The number of carbonyl (C=O) groups excluding carboxylic acids is 1. The highest BCUT2D eigenvalue weighted by molar-refractivity contribution is 7.47. The molecular formula is C63H128N2O6P+. The third-order valence-electron chi connectivity index (χ3n) is 15.0. The Kier molecular flexibility index (Phi) is 54.4. The van der Waals surface area contributed by atoms with Gasteiger partial charge >= 0.3 is 7.82 Å². The quantitative estimate of drug-likeness (QED) is 0.0243. The van der Waals surface area contributed by atoms with Crippen LogP contribution in [-0.4, -0.2) is 73.4 Å². The van der Waals surface area contributed by atoms with Crippen LogP contribution in [0.2, 0.25) is 0 Å². The van der Waals surface area contributed by atoms with Gasteiger partial charge in [0.15, 0.2) is 0 Å². The molecule has 3 N–H and O–H groups in total. The maximum absolute atomic E-state index is 13.0. The van der Waals surface area contributed by atoms with Crippen LogP contribution in [0, 0.1) is 0 Å². The minimum absolute atomic E-state index is 0.0779. The normalized spacial score (nSPS) is 13.8. The van der Waals surface area contributed by atoms with Gasteiger partial charge in [0.05, 0.1) is 39.9 Å². The van der Waals surface area contributed by atoms with Gasteiger partial charge in [-0.2, -0.15) is 0 Å². The monoisotopic (exact) mass is 1040 g/mol. The Hall–Kier alpha value is -0.760. The predicted molar refractivity (Wildman–Crippen MR) is 314 cm³/mol. The third kappa shape index (κ3) is 57.0. The number of carbonyl (C=O) groups is 1. The van der Waals surface area contributed by atoms with Crippen molar-refractivity contribution in [2.75, 3.05) is 40.9 Å². The molecule has 0 aliphatic rings. The number of likely N-dealkylation sites (N-methyl/N-ethyl adjacent to an activating group) is 1. The zero-order chi connectivity index (χ0) is 52.7. The van der Waals surface area contributed by atoms with Gasteiger partial charge in [-0.05, 0) is 38.5 Å². The summed E-state index contributed by atoms with van der Waals surface area (Å²) in [6.45, 7) is 4.94. The molecular weight excluding hydrogens is 912 g/mol. The minimum Gasteiger partial charge on any atom is -0.391 e. The van der Waals surface area contributed by atoms with Gasteiger partial charge in [0.25, 0.3) is 0 Å². The second kappa shape index (κ2) is 55.0. The van der Waals surface area contributed by atoms with E-state index in [-0.39, 0.29) is 19.1 Å². The summed E-state index contributed by atoms with van der Waals surface area (Å²) >= 11 is 0. The summed E-state index contributed by atoms with van der Waals surface area (Å²) in [5.41, 5.74) is 0. The maximum Gasteiger partial charge on any atom is 0.472 e. The Morgan fingerprint density at radius 3 is 1.07 bits per heavy atom. The van der Waals surface area contributed by atoms with Crippen LogP contribution in [-0.2, 0) is 18.4 Å². The van der Waals surface area contributed by atoms with Crippen molar-refractivity contribution in [2.45, 2.75) is 347 Å². The predicted octanol–water partition coefficient (Wildman–Crippen LogP) is 19.8. The van der Waals surface area contributed by atoms with E-state index in [1.54, 1.807) is 0 Å². The number of phosphoric acid groups is 1. The second-order valence-electron chi connectivity index (χ2n) is 23.5. The molecule has 0 bridgehead atoms. The molecule has 3 atom stereocenters. The summed E-state index contributed by atoms with van der Waals surface area (Å²) in [5, 5.41) is 14.1. The number of quaternary nitrogens is 1. The van der Waals surface area contributed by atoms with Crippen LogP contribution in [0.15, 0.2) is 12.2 Å². The highest BCUT2D eigenvalue weighted by atomic mass is 31.2. The van der Waals surface area contributed by atoms with Gasteiger partial charge in [0.1, 0.15) is 13.2 Å². The molecule has 0 spiro atoms. The van der Waals surface area contributed by atoms with Crippen LogP contribution in [0.25, 0.3) is 0 Å². The number of phosphoric ester groups is 1. The van der Waals surface area contributed by atoms with Crippen LogP contribution in [0.3, 0.4) is 0 Å². The molecule has 1 amide bonds. The Bertz CT molecular complexity index is 1180. The van der Waals surface area contributed by atoms with E-state index in [9.17, 15) is 19.4 Å². The highest BCUT2D eigenvalue weighted by Gasteiger charge is 2.28. The molecule has 0 aromatic carbocycles. The Morgan fingerprint density at radius 2 is 0.750 bits per heavy atom. The molecule has 0 aliphatic carbocycles. The molecule has 0 saturated heterocycles. The average Bonchev–Trinajstić information content (AvgIpc) is 3.34. The molecule has 430 valence electrons. The fourth-order valence-corrected chi connectivity index (χ4v) is 10.7. The third-order valence-corrected chi connectivity index (χ3v) is 16.0. The van der Waals surface area contributed by atoms with Crippen molar-refractivity contribution in [2.24, 2.45) is 0 Å². The number of amides is 1. The molecule has 9 heteroatoms. The Labute approximate surface area is 450 Å². The number of unbranched alkanes of at least 4 members (excludes halogenated alkanes) is 45. The van der Waals surface area contributed by atoms with Gasteiger partial charge in [-0.3, -0.25) is 13.8 Å². The van der Waals surface area contributed by atoms with Crippen molar-refractivity contribution < 1.29 is 32.9 Å². The van der Waals surface area contributed by atoms with Gasteiger partial charge in [0.2, 0.25) is 5.91 Å².